The lowest BCUT2D eigenvalue weighted by Crippen LogP contribution is -2.21. The van der Waals surface area contributed by atoms with Crippen LogP contribution in [-0.4, -0.2) is 34.7 Å². The summed E-state index contributed by atoms with van der Waals surface area (Å²) >= 11 is 0. The predicted octanol–water partition coefficient (Wildman–Crippen LogP) is 2.36. The van der Waals surface area contributed by atoms with E-state index in [-0.39, 0.29) is 0 Å². The Morgan fingerprint density at radius 1 is 1.37 bits per heavy atom. The molecule has 1 atom stereocenters. The monoisotopic (exact) mass is 256 g/mol. The van der Waals surface area contributed by atoms with Crippen LogP contribution < -0.4 is 0 Å². The lowest BCUT2D eigenvalue weighted by Gasteiger charge is -2.17. The summed E-state index contributed by atoms with van der Waals surface area (Å²) in [7, 11) is 0. The highest BCUT2D eigenvalue weighted by Gasteiger charge is 2.22. The Hall–Kier alpha value is -1.45. The maximum atomic E-state index is 9.23. The first-order valence-electron chi connectivity index (χ1n) is 6.95. The molecule has 2 heterocycles. The van der Waals surface area contributed by atoms with Gasteiger partial charge in [-0.05, 0) is 43.5 Å². The predicted molar refractivity (Wildman–Crippen MR) is 76.9 cm³/mol. The molecule has 1 aliphatic rings. The molecule has 1 aliphatic heterocycles. The number of aliphatic hydroxyl groups excluding tert-OH is 1. The van der Waals surface area contributed by atoms with Crippen LogP contribution in [0.15, 0.2) is 30.3 Å². The Morgan fingerprint density at radius 2 is 2.21 bits per heavy atom. The average molecular weight is 256 g/mol. The second kappa shape index (κ2) is 5.27. The van der Waals surface area contributed by atoms with Crippen LogP contribution in [0.3, 0.4) is 0 Å². The first-order valence-corrected chi connectivity index (χ1v) is 6.95. The Morgan fingerprint density at radius 3 is 3.00 bits per heavy atom. The summed E-state index contributed by atoms with van der Waals surface area (Å²) < 4.78 is 0. The van der Waals surface area contributed by atoms with Gasteiger partial charge in [-0.2, -0.15) is 0 Å². The molecule has 3 rings (SSSR count). The second-order valence-corrected chi connectivity index (χ2v) is 5.51. The van der Waals surface area contributed by atoms with Gasteiger partial charge in [0, 0.05) is 30.8 Å². The lowest BCUT2D eigenvalue weighted by molar-refractivity contribution is 0.220. The topological polar surface area (TPSA) is 36.4 Å². The minimum Gasteiger partial charge on any atom is -0.396 e. The summed E-state index contributed by atoms with van der Waals surface area (Å²) in [5.41, 5.74) is 3.50. The van der Waals surface area contributed by atoms with Gasteiger partial charge in [0.05, 0.1) is 5.52 Å². The molecular weight excluding hydrogens is 236 g/mol. The van der Waals surface area contributed by atoms with Gasteiger partial charge < -0.3 is 5.11 Å². The minimum atomic E-state index is 0.312. The van der Waals surface area contributed by atoms with Crippen molar-refractivity contribution >= 4 is 10.9 Å². The fourth-order valence-corrected chi connectivity index (χ4v) is 2.97. The summed E-state index contributed by atoms with van der Waals surface area (Å²) in [5, 5.41) is 10.5. The Balaban J connectivity index is 1.88. The molecule has 1 N–H and O–H groups in total. The quantitative estimate of drug-likeness (QED) is 0.916. The van der Waals surface area contributed by atoms with E-state index in [1.165, 1.54) is 10.9 Å². The molecule has 0 saturated carbocycles. The first-order chi connectivity index (χ1) is 9.26. The van der Waals surface area contributed by atoms with Crippen molar-refractivity contribution in [2.75, 3.05) is 19.7 Å². The zero-order valence-electron chi connectivity index (χ0n) is 11.3. The number of rotatable bonds is 3. The number of fused-ring (bicyclic) bond motifs is 1. The summed E-state index contributed by atoms with van der Waals surface area (Å²) in [5.74, 6) is 0.453. The van der Waals surface area contributed by atoms with Crippen LogP contribution >= 0.6 is 0 Å². The number of aryl methyl sites for hydroxylation is 1. The molecule has 100 valence electrons. The third kappa shape index (κ3) is 2.62. The normalized spacial score (nSPS) is 20.2. The largest absolute Gasteiger partial charge is 0.396 e. The third-order valence-corrected chi connectivity index (χ3v) is 3.95. The number of pyridine rings is 1. The molecular formula is C16H20N2O. The van der Waals surface area contributed by atoms with Gasteiger partial charge in [-0.1, -0.05) is 18.2 Å². The summed E-state index contributed by atoms with van der Waals surface area (Å²) in [6.07, 6.45) is 1.11. The summed E-state index contributed by atoms with van der Waals surface area (Å²) in [4.78, 5) is 7.02. The number of aromatic nitrogens is 1. The molecule has 2 aromatic rings. The molecule has 1 unspecified atom stereocenters. The van der Waals surface area contributed by atoms with Crippen LogP contribution in [0.1, 0.15) is 17.7 Å². The molecule has 1 aromatic heterocycles. The van der Waals surface area contributed by atoms with Gasteiger partial charge >= 0.3 is 0 Å². The highest BCUT2D eigenvalue weighted by molar-refractivity contribution is 5.82. The smallest absolute Gasteiger partial charge is 0.0708 e. The van der Waals surface area contributed by atoms with Gasteiger partial charge in [0.15, 0.2) is 0 Å². The third-order valence-electron chi connectivity index (χ3n) is 3.95. The van der Waals surface area contributed by atoms with Gasteiger partial charge in [0.1, 0.15) is 0 Å². The average Bonchev–Trinajstić information content (AvgIpc) is 2.86. The zero-order valence-corrected chi connectivity index (χ0v) is 11.3. The molecule has 1 saturated heterocycles. The van der Waals surface area contributed by atoms with Crippen LogP contribution in [0, 0.1) is 12.8 Å². The molecule has 0 amide bonds. The van der Waals surface area contributed by atoms with Crippen LogP contribution in [0.25, 0.3) is 10.9 Å². The maximum Gasteiger partial charge on any atom is 0.0708 e. The van der Waals surface area contributed by atoms with Crippen LogP contribution in [-0.2, 0) is 6.54 Å². The van der Waals surface area contributed by atoms with Crippen molar-refractivity contribution in [2.24, 2.45) is 5.92 Å². The van der Waals surface area contributed by atoms with Crippen LogP contribution in [0.4, 0.5) is 0 Å². The molecule has 0 radical (unpaired) electrons. The van der Waals surface area contributed by atoms with Crippen molar-refractivity contribution in [2.45, 2.75) is 19.9 Å². The van der Waals surface area contributed by atoms with E-state index >= 15 is 0 Å². The van der Waals surface area contributed by atoms with E-state index in [2.05, 4.69) is 41.1 Å². The minimum absolute atomic E-state index is 0.312. The number of hydrogen-bond acceptors (Lipinski definition) is 3. The van der Waals surface area contributed by atoms with E-state index in [1.807, 2.05) is 6.07 Å². The standard InChI is InChI=1S/C16H20N2O/c1-12-8-14(10-18-7-6-13(9-18)11-19)15-4-2-3-5-16(15)17-12/h2-5,8,13,19H,6-7,9-11H2,1H3. The molecule has 1 fully saturated rings. The highest BCUT2D eigenvalue weighted by Crippen LogP contribution is 2.23. The molecule has 3 nitrogen and oxygen atoms in total. The summed E-state index contributed by atoms with van der Waals surface area (Å²) in [6.45, 7) is 5.41. The molecule has 0 bridgehead atoms. The number of aliphatic hydroxyl groups is 1. The van der Waals surface area contributed by atoms with Crippen LogP contribution in [0.2, 0.25) is 0 Å². The maximum absolute atomic E-state index is 9.23. The fraction of sp³-hybridized carbons (Fsp3) is 0.438. The van der Waals surface area contributed by atoms with Gasteiger partial charge in [-0.15, -0.1) is 0 Å². The van der Waals surface area contributed by atoms with E-state index < -0.39 is 0 Å². The first kappa shape index (κ1) is 12.6. The van der Waals surface area contributed by atoms with Gasteiger partial charge in [0.2, 0.25) is 0 Å². The number of likely N-dealkylation sites (tertiary alicyclic amines) is 1. The van der Waals surface area contributed by atoms with E-state index in [4.69, 9.17) is 0 Å². The number of benzene rings is 1. The second-order valence-electron chi connectivity index (χ2n) is 5.51. The van der Waals surface area contributed by atoms with Crippen molar-refractivity contribution < 1.29 is 5.11 Å². The van der Waals surface area contributed by atoms with E-state index in [0.717, 1.165) is 37.3 Å². The van der Waals surface area contributed by atoms with Crippen molar-refractivity contribution in [3.05, 3.63) is 41.6 Å². The number of nitrogens with zero attached hydrogens (tertiary/aromatic N) is 2. The van der Waals surface area contributed by atoms with Crippen molar-refractivity contribution in [1.29, 1.82) is 0 Å². The van der Waals surface area contributed by atoms with Crippen molar-refractivity contribution in [3.63, 3.8) is 0 Å². The zero-order chi connectivity index (χ0) is 13.2. The van der Waals surface area contributed by atoms with Gasteiger partial charge in [-0.25, -0.2) is 0 Å². The Labute approximate surface area is 113 Å². The molecule has 0 spiro atoms. The van der Waals surface area contributed by atoms with E-state index in [9.17, 15) is 5.11 Å². The molecule has 0 aliphatic carbocycles. The lowest BCUT2D eigenvalue weighted by atomic mass is 10.1. The van der Waals surface area contributed by atoms with Crippen molar-refractivity contribution in [3.8, 4) is 0 Å². The van der Waals surface area contributed by atoms with Gasteiger partial charge in [-0.3, -0.25) is 9.88 Å². The summed E-state index contributed by atoms with van der Waals surface area (Å²) in [6, 6.07) is 10.5. The van der Waals surface area contributed by atoms with E-state index in [1.54, 1.807) is 0 Å². The Kier molecular flexibility index (Phi) is 3.49. The highest BCUT2D eigenvalue weighted by atomic mass is 16.3. The fourth-order valence-electron chi connectivity index (χ4n) is 2.97. The van der Waals surface area contributed by atoms with E-state index in [0.29, 0.717) is 12.5 Å². The molecule has 1 aromatic carbocycles. The van der Waals surface area contributed by atoms with Crippen LogP contribution in [0.5, 0.6) is 0 Å². The molecule has 19 heavy (non-hydrogen) atoms. The SMILES string of the molecule is Cc1cc(CN2CCC(CO)C2)c2ccccc2n1. The molecule has 3 heteroatoms. The van der Waals surface area contributed by atoms with Crippen molar-refractivity contribution in [1.82, 2.24) is 9.88 Å². The Bertz CT molecular complexity index is 582. The van der Waals surface area contributed by atoms with Gasteiger partial charge in [0.25, 0.3) is 0 Å². The number of para-hydroxylation sites is 1. The number of hydrogen-bond donors (Lipinski definition) is 1.